The molecule has 80 valence electrons. The second-order valence-corrected chi connectivity index (χ2v) is 3.24. The van der Waals surface area contributed by atoms with Crippen molar-refractivity contribution in [1.29, 1.82) is 0 Å². The van der Waals surface area contributed by atoms with Crippen molar-refractivity contribution in [1.82, 2.24) is 9.38 Å². The van der Waals surface area contributed by atoms with Gasteiger partial charge in [-0.15, -0.1) is 0 Å². The Morgan fingerprint density at radius 1 is 1.33 bits per heavy atom. The number of anilines is 1. The molecule has 2 aromatic heterocycles. The monoisotopic (exact) mass is 215 g/mol. The van der Waals surface area contributed by atoms with Crippen molar-refractivity contribution < 1.29 is 13.2 Å². The molecule has 3 nitrogen and oxygen atoms in total. The molecule has 0 unspecified atom stereocenters. The van der Waals surface area contributed by atoms with Gasteiger partial charge in [-0.3, -0.25) is 4.40 Å². The highest BCUT2D eigenvalue weighted by Gasteiger charge is 2.36. The van der Waals surface area contributed by atoms with Gasteiger partial charge in [0, 0.05) is 11.9 Å². The minimum absolute atomic E-state index is 0.269. The predicted octanol–water partition coefficient (Wildman–Crippen LogP) is 2.24. The SMILES string of the molecule is Cc1nc(C(F)(F)F)n2cc(N)ccc12. The maximum atomic E-state index is 12.5. The van der Waals surface area contributed by atoms with Crippen LogP contribution >= 0.6 is 0 Å². The smallest absolute Gasteiger partial charge is 0.398 e. The minimum atomic E-state index is -4.47. The van der Waals surface area contributed by atoms with Crippen molar-refractivity contribution in [3.05, 3.63) is 29.8 Å². The summed E-state index contributed by atoms with van der Waals surface area (Å²) in [5.74, 6) is -0.942. The van der Waals surface area contributed by atoms with Crippen LogP contribution in [0.15, 0.2) is 18.3 Å². The molecule has 0 aromatic carbocycles. The third-order valence-electron chi connectivity index (χ3n) is 2.10. The van der Waals surface area contributed by atoms with E-state index in [9.17, 15) is 13.2 Å². The van der Waals surface area contributed by atoms with Gasteiger partial charge in [0.15, 0.2) is 0 Å². The molecule has 6 heteroatoms. The Morgan fingerprint density at radius 2 is 2.00 bits per heavy atom. The maximum Gasteiger partial charge on any atom is 0.450 e. The number of rotatable bonds is 0. The first-order valence-electron chi connectivity index (χ1n) is 4.21. The van der Waals surface area contributed by atoms with Crippen LogP contribution in [0, 0.1) is 6.92 Å². The Balaban J connectivity index is 2.81. The first-order valence-corrected chi connectivity index (χ1v) is 4.21. The van der Waals surface area contributed by atoms with E-state index < -0.39 is 12.0 Å². The molecular weight excluding hydrogens is 207 g/mol. The van der Waals surface area contributed by atoms with Gasteiger partial charge in [-0.05, 0) is 19.1 Å². The average Bonchev–Trinajstić information content (AvgIpc) is 2.42. The number of aromatic nitrogens is 2. The number of imidazole rings is 1. The van der Waals surface area contributed by atoms with Gasteiger partial charge in [0.05, 0.1) is 11.2 Å². The van der Waals surface area contributed by atoms with Crippen molar-refractivity contribution in [3.8, 4) is 0 Å². The number of nitrogens with zero attached hydrogens (tertiary/aromatic N) is 2. The number of halogens is 3. The summed E-state index contributed by atoms with van der Waals surface area (Å²) in [5, 5.41) is 0. The molecule has 0 saturated heterocycles. The van der Waals surface area contributed by atoms with E-state index in [2.05, 4.69) is 4.98 Å². The van der Waals surface area contributed by atoms with Gasteiger partial charge in [0.2, 0.25) is 5.82 Å². The van der Waals surface area contributed by atoms with Gasteiger partial charge >= 0.3 is 6.18 Å². The van der Waals surface area contributed by atoms with Crippen LogP contribution in [0.4, 0.5) is 18.9 Å². The average molecular weight is 215 g/mol. The Labute approximate surface area is 83.3 Å². The van der Waals surface area contributed by atoms with Gasteiger partial charge in [-0.25, -0.2) is 4.98 Å². The molecule has 0 aliphatic heterocycles. The highest BCUT2D eigenvalue weighted by Crippen LogP contribution is 2.30. The summed E-state index contributed by atoms with van der Waals surface area (Å²) in [5.41, 5.74) is 6.45. The fraction of sp³-hybridized carbons (Fsp3) is 0.222. The van der Waals surface area contributed by atoms with Crippen LogP contribution in [0.2, 0.25) is 0 Å². The highest BCUT2D eigenvalue weighted by molar-refractivity contribution is 5.57. The van der Waals surface area contributed by atoms with Gasteiger partial charge in [0.25, 0.3) is 0 Å². The lowest BCUT2D eigenvalue weighted by atomic mass is 10.3. The van der Waals surface area contributed by atoms with Crippen LogP contribution in [0.3, 0.4) is 0 Å². The fourth-order valence-corrected chi connectivity index (χ4v) is 1.46. The summed E-state index contributed by atoms with van der Waals surface area (Å²) in [7, 11) is 0. The summed E-state index contributed by atoms with van der Waals surface area (Å²) >= 11 is 0. The van der Waals surface area contributed by atoms with E-state index in [0.29, 0.717) is 11.2 Å². The largest absolute Gasteiger partial charge is 0.450 e. The van der Waals surface area contributed by atoms with E-state index in [4.69, 9.17) is 5.73 Å². The standard InChI is InChI=1S/C9H8F3N3/c1-5-7-3-2-6(13)4-15(7)8(14-5)9(10,11)12/h2-4H,13H2,1H3. The van der Waals surface area contributed by atoms with Gasteiger partial charge in [0.1, 0.15) is 0 Å². The molecular formula is C9H8F3N3. The molecule has 0 atom stereocenters. The summed E-state index contributed by atoms with van der Waals surface area (Å²) < 4.78 is 38.6. The van der Waals surface area contributed by atoms with Crippen molar-refractivity contribution in [2.75, 3.05) is 5.73 Å². The number of fused-ring (bicyclic) bond motifs is 1. The first-order chi connectivity index (χ1) is 6.89. The van der Waals surface area contributed by atoms with Crippen LogP contribution in [0.1, 0.15) is 11.5 Å². The lowest BCUT2D eigenvalue weighted by Gasteiger charge is -2.05. The third kappa shape index (κ3) is 1.51. The molecule has 2 heterocycles. The molecule has 0 spiro atoms. The molecule has 0 bridgehead atoms. The number of aryl methyl sites for hydroxylation is 1. The van der Waals surface area contributed by atoms with E-state index in [1.54, 1.807) is 6.07 Å². The fourth-order valence-electron chi connectivity index (χ4n) is 1.46. The van der Waals surface area contributed by atoms with E-state index in [0.717, 1.165) is 4.40 Å². The summed E-state index contributed by atoms with van der Waals surface area (Å²) in [6, 6.07) is 3.07. The minimum Gasteiger partial charge on any atom is -0.398 e. The molecule has 0 aliphatic rings. The molecule has 0 radical (unpaired) electrons. The topological polar surface area (TPSA) is 43.3 Å². The number of hydrogen-bond acceptors (Lipinski definition) is 2. The van der Waals surface area contributed by atoms with Crippen LogP contribution in [0.5, 0.6) is 0 Å². The van der Waals surface area contributed by atoms with Crippen molar-refractivity contribution in [2.24, 2.45) is 0 Å². The Bertz CT molecular complexity index is 513. The highest BCUT2D eigenvalue weighted by atomic mass is 19.4. The van der Waals surface area contributed by atoms with Crippen LogP contribution < -0.4 is 5.73 Å². The van der Waals surface area contributed by atoms with Crippen molar-refractivity contribution in [3.63, 3.8) is 0 Å². The van der Waals surface area contributed by atoms with Gasteiger partial charge in [-0.2, -0.15) is 13.2 Å². The van der Waals surface area contributed by atoms with Crippen molar-refractivity contribution >= 4 is 11.2 Å². The van der Waals surface area contributed by atoms with Crippen LogP contribution in [-0.4, -0.2) is 9.38 Å². The lowest BCUT2D eigenvalue weighted by molar-refractivity contribution is -0.145. The zero-order chi connectivity index (χ0) is 11.2. The van der Waals surface area contributed by atoms with Crippen LogP contribution in [0.25, 0.3) is 5.52 Å². The van der Waals surface area contributed by atoms with E-state index in [-0.39, 0.29) is 5.69 Å². The molecule has 0 fully saturated rings. The normalized spacial score (nSPS) is 12.3. The summed E-state index contributed by atoms with van der Waals surface area (Å²) in [4.78, 5) is 3.48. The van der Waals surface area contributed by atoms with E-state index >= 15 is 0 Å². The zero-order valence-electron chi connectivity index (χ0n) is 7.84. The summed E-state index contributed by atoms with van der Waals surface area (Å²) in [6.07, 6.45) is -3.25. The van der Waals surface area contributed by atoms with Gasteiger partial charge < -0.3 is 5.73 Å². The second kappa shape index (κ2) is 2.88. The molecule has 2 rings (SSSR count). The number of nitrogen functional groups attached to an aromatic ring is 1. The van der Waals surface area contributed by atoms with E-state index in [1.807, 2.05) is 0 Å². The lowest BCUT2D eigenvalue weighted by Crippen LogP contribution is -2.10. The third-order valence-corrected chi connectivity index (χ3v) is 2.10. The van der Waals surface area contributed by atoms with Gasteiger partial charge in [-0.1, -0.05) is 0 Å². The Kier molecular flexibility index (Phi) is 1.89. The molecule has 0 aliphatic carbocycles. The molecule has 2 aromatic rings. The van der Waals surface area contributed by atoms with Crippen molar-refractivity contribution in [2.45, 2.75) is 13.1 Å². The first kappa shape index (κ1) is 9.82. The quantitative estimate of drug-likeness (QED) is 0.732. The maximum absolute atomic E-state index is 12.5. The van der Waals surface area contributed by atoms with Crippen LogP contribution in [-0.2, 0) is 6.18 Å². The molecule has 15 heavy (non-hydrogen) atoms. The Hall–Kier alpha value is -1.72. The molecule has 0 amide bonds. The number of nitrogens with two attached hydrogens (primary N) is 1. The second-order valence-electron chi connectivity index (χ2n) is 3.24. The zero-order valence-corrected chi connectivity index (χ0v) is 7.84. The summed E-state index contributed by atoms with van der Waals surface area (Å²) in [6.45, 7) is 1.53. The van der Waals surface area contributed by atoms with E-state index in [1.165, 1.54) is 19.2 Å². The molecule has 0 saturated carbocycles. The number of hydrogen-bond donors (Lipinski definition) is 1. The predicted molar refractivity (Wildman–Crippen MR) is 49.3 cm³/mol. The number of pyridine rings is 1. The number of alkyl halides is 3. The molecule has 2 N–H and O–H groups in total. The Morgan fingerprint density at radius 3 is 2.60 bits per heavy atom.